The molecule has 0 saturated heterocycles. The Labute approximate surface area is 105 Å². The lowest BCUT2D eigenvalue weighted by atomic mass is 10.1. The Balaban J connectivity index is 0.00000144. The van der Waals surface area contributed by atoms with Crippen molar-refractivity contribution >= 4 is 18.2 Å². The van der Waals surface area contributed by atoms with Gasteiger partial charge in [0.15, 0.2) is 11.5 Å². The number of hydrogen-bond acceptors (Lipinski definition) is 4. The maximum absolute atomic E-state index is 5.54. The van der Waals surface area contributed by atoms with Crippen molar-refractivity contribution in [1.29, 1.82) is 0 Å². The summed E-state index contributed by atoms with van der Waals surface area (Å²) in [5, 5.41) is 6.71. The topological polar surface area (TPSA) is 73.2 Å². The Kier molecular flexibility index (Phi) is 4.23. The number of methoxy groups -OCH3 is 2. The van der Waals surface area contributed by atoms with Crippen LogP contribution in [0.25, 0.3) is 11.3 Å². The number of ether oxygens (including phenoxy) is 2. The zero-order valence-electron chi connectivity index (χ0n) is 9.56. The van der Waals surface area contributed by atoms with E-state index >= 15 is 0 Å². The van der Waals surface area contributed by atoms with Crippen molar-refractivity contribution in [2.45, 2.75) is 0 Å². The highest BCUT2D eigenvalue weighted by Gasteiger charge is 2.07. The number of nitrogens with zero attached hydrogens (tertiary/aromatic N) is 1. The van der Waals surface area contributed by atoms with Gasteiger partial charge in [-0.2, -0.15) is 5.10 Å². The van der Waals surface area contributed by atoms with Crippen LogP contribution in [0, 0.1) is 0 Å². The van der Waals surface area contributed by atoms with Crippen molar-refractivity contribution in [2.75, 3.05) is 20.0 Å². The van der Waals surface area contributed by atoms with Crippen LogP contribution in [0.3, 0.4) is 0 Å². The molecule has 0 amide bonds. The molecule has 1 heterocycles. The van der Waals surface area contributed by atoms with Crippen LogP contribution in [0.2, 0.25) is 0 Å². The molecule has 0 aliphatic heterocycles. The zero-order valence-corrected chi connectivity index (χ0v) is 10.4. The smallest absolute Gasteiger partial charge is 0.161 e. The predicted molar refractivity (Wildman–Crippen MR) is 68.8 cm³/mol. The van der Waals surface area contributed by atoms with Crippen molar-refractivity contribution in [1.82, 2.24) is 10.2 Å². The molecule has 0 aliphatic carbocycles. The number of aromatic nitrogens is 2. The van der Waals surface area contributed by atoms with E-state index in [9.17, 15) is 0 Å². The quantitative estimate of drug-likeness (QED) is 0.881. The van der Waals surface area contributed by atoms with E-state index in [1.165, 1.54) is 0 Å². The van der Waals surface area contributed by atoms with Crippen molar-refractivity contribution in [3.8, 4) is 22.8 Å². The lowest BCUT2D eigenvalue weighted by Gasteiger charge is -2.08. The summed E-state index contributed by atoms with van der Waals surface area (Å²) in [6, 6.07) is 7.38. The van der Waals surface area contributed by atoms with Crippen LogP contribution in [-0.2, 0) is 0 Å². The Bertz CT molecular complexity index is 499. The first-order valence-electron chi connectivity index (χ1n) is 4.78. The zero-order chi connectivity index (χ0) is 11.5. The summed E-state index contributed by atoms with van der Waals surface area (Å²) in [5.74, 6) is 1.83. The van der Waals surface area contributed by atoms with Crippen molar-refractivity contribution in [2.24, 2.45) is 0 Å². The van der Waals surface area contributed by atoms with E-state index in [4.69, 9.17) is 15.2 Å². The minimum absolute atomic E-state index is 0. The molecule has 0 aliphatic rings. The van der Waals surface area contributed by atoms with Crippen LogP contribution in [0.1, 0.15) is 0 Å². The second-order valence-corrected chi connectivity index (χ2v) is 3.28. The molecule has 0 fully saturated rings. The third-order valence-corrected chi connectivity index (χ3v) is 2.29. The van der Waals surface area contributed by atoms with Gasteiger partial charge in [0.25, 0.3) is 0 Å². The Morgan fingerprint density at radius 1 is 1.12 bits per heavy atom. The highest BCUT2D eigenvalue weighted by atomic mass is 35.5. The van der Waals surface area contributed by atoms with Gasteiger partial charge in [0.2, 0.25) is 0 Å². The minimum Gasteiger partial charge on any atom is -0.493 e. The molecule has 0 spiro atoms. The molecule has 0 atom stereocenters. The number of H-pyrrole nitrogens is 1. The molecule has 92 valence electrons. The fourth-order valence-corrected chi connectivity index (χ4v) is 1.49. The number of halogens is 1. The molecule has 0 radical (unpaired) electrons. The number of anilines is 1. The van der Waals surface area contributed by atoms with E-state index in [1.54, 1.807) is 20.3 Å². The second kappa shape index (κ2) is 5.45. The van der Waals surface area contributed by atoms with Gasteiger partial charge in [-0.05, 0) is 18.2 Å². The van der Waals surface area contributed by atoms with Crippen LogP contribution in [-0.4, -0.2) is 24.4 Å². The first-order chi connectivity index (χ1) is 7.74. The van der Waals surface area contributed by atoms with E-state index in [2.05, 4.69) is 10.2 Å². The molecule has 3 N–H and O–H groups in total. The standard InChI is InChI=1S/C11H13N3O2.ClH/c1-15-9-4-3-7(5-10(9)16-2)8-6-11(12)14-13-8;/h3-6H,1-2H3,(H3,12,13,14);1H. The van der Waals surface area contributed by atoms with Gasteiger partial charge in [0.1, 0.15) is 5.82 Å². The summed E-state index contributed by atoms with van der Waals surface area (Å²) in [5.41, 5.74) is 7.34. The largest absolute Gasteiger partial charge is 0.493 e. The maximum atomic E-state index is 5.54. The van der Waals surface area contributed by atoms with Gasteiger partial charge < -0.3 is 15.2 Å². The third kappa shape index (κ3) is 2.62. The number of hydrogen-bond donors (Lipinski definition) is 2. The van der Waals surface area contributed by atoms with Gasteiger partial charge in [-0.3, -0.25) is 5.10 Å². The molecule has 2 aromatic rings. The SMILES string of the molecule is COc1ccc(-c2cc(N)n[nH]2)cc1OC.Cl. The molecule has 0 saturated carbocycles. The Morgan fingerprint density at radius 2 is 1.82 bits per heavy atom. The minimum atomic E-state index is 0. The van der Waals surface area contributed by atoms with Gasteiger partial charge in [0.05, 0.1) is 19.9 Å². The fraction of sp³-hybridized carbons (Fsp3) is 0.182. The number of nitrogens with one attached hydrogen (secondary N) is 1. The summed E-state index contributed by atoms with van der Waals surface area (Å²) in [6.07, 6.45) is 0. The maximum Gasteiger partial charge on any atom is 0.161 e. The summed E-state index contributed by atoms with van der Waals surface area (Å²) in [4.78, 5) is 0. The van der Waals surface area contributed by atoms with Gasteiger partial charge in [-0.1, -0.05) is 0 Å². The highest BCUT2D eigenvalue weighted by molar-refractivity contribution is 5.85. The number of nitrogen functional groups attached to an aromatic ring is 1. The predicted octanol–water partition coefficient (Wildman–Crippen LogP) is 2.10. The summed E-state index contributed by atoms with van der Waals surface area (Å²) < 4.78 is 10.4. The number of rotatable bonds is 3. The van der Waals surface area contributed by atoms with Crippen LogP contribution >= 0.6 is 12.4 Å². The van der Waals surface area contributed by atoms with Gasteiger partial charge in [0, 0.05) is 11.6 Å². The number of aromatic amines is 1. The molecule has 0 unspecified atom stereocenters. The normalized spacial score (nSPS) is 9.53. The molecule has 17 heavy (non-hydrogen) atoms. The highest BCUT2D eigenvalue weighted by Crippen LogP contribution is 2.31. The summed E-state index contributed by atoms with van der Waals surface area (Å²) >= 11 is 0. The van der Waals surface area contributed by atoms with E-state index in [-0.39, 0.29) is 12.4 Å². The van der Waals surface area contributed by atoms with Crippen molar-refractivity contribution in [3.05, 3.63) is 24.3 Å². The first kappa shape index (κ1) is 13.2. The van der Waals surface area contributed by atoms with Crippen molar-refractivity contribution < 1.29 is 9.47 Å². The van der Waals surface area contributed by atoms with Crippen molar-refractivity contribution in [3.63, 3.8) is 0 Å². The van der Waals surface area contributed by atoms with Gasteiger partial charge >= 0.3 is 0 Å². The lowest BCUT2D eigenvalue weighted by molar-refractivity contribution is 0.355. The van der Waals surface area contributed by atoms with E-state index in [0.717, 1.165) is 11.3 Å². The average Bonchev–Trinajstić information content (AvgIpc) is 2.75. The molecule has 2 rings (SSSR count). The molecule has 0 bridgehead atoms. The second-order valence-electron chi connectivity index (χ2n) is 3.28. The number of benzene rings is 1. The van der Waals surface area contributed by atoms with Crippen LogP contribution in [0.4, 0.5) is 5.82 Å². The third-order valence-electron chi connectivity index (χ3n) is 2.29. The molecule has 6 heteroatoms. The van der Waals surface area contributed by atoms with Crippen LogP contribution in [0.15, 0.2) is 24.3 Å². The summed E-state index contributed by atoms with van der Waals surface area (Å²) in [6.45, 7) is 0. The van der Waals surface area contributed by atoms with E-state index in [1.807, 2.05) is 18.2 Å². The molecular weight excluding hydrogens is 242 g/mol. The van der Waals surface area contributed by atoms with Gasteiger partial charge in [-0.15, -0.1) is 12.4 Å². The molecule has 1 aromatic heterocycles. The number of nitrogens with two attached hydrogens (primary N) is 1. The lowest BCUT2D eigenvalue weighted by Crippen LogP contribution is -1.90. The van der Waals surface area contributed by atoms with Crippen LogP contribution < -0.4 is 15.2 Å². The molecular formula is C11H14ClN3O2. The fourth-order valence-electron chi connectivity index (χ4n) is 1.49. The Hall–Kier alpha value is -1.88. The van der Waals surface area contributed by atoms with E-state index in [0.29, 0.717) is 17.3 Å². The summed E-state index contributed by atoms with van der Waals surface area (Å²) in [7, 11) is 3.20. The monoisotopic (exact) mass is 255 g/mol. The average molecular weight is 256 g/mol. The van der Waals surface area contributed by atoms with Crippen LogP contribution in [0.5, 0.6) is 11.5 Å². The molecule has 1 aromatic carbocycles. The van der Waals surface area contributed by atoms with E-state index < -0.39 is 0 Å². The molecule has 5 nitrogen and oxygen atoms in total. The first-order valence-corrected chi connectivity index (χ1v) is 4.78. The Morgan fingerprint density at radius 3 is 2.35 bits per heavy atom. The van der Waals surface area contributed by atoms with Gasteiger partial charge in [-0.25, -0.2) is 0 Å².